The van der Waals surface area contributed by atoms with E-state index in [1.165, 1.54) is 7.11 Å². The summed E-state index contributed by atoms with van der Waals surface area (Å²) in [4.78, 5) is 23.3. The molecule has 0 aliphatic rings. The summed E-state index contributed by atoms with van der Waals surface area (Å²) < 4.78 is 5.04. The summed E-state index contributed by atoms with van der Waals surface area (Å²) >= 11 is 0. The molecule has 2 rings (SSSR count). The maximum Gasteiger partial charge on any atom is 0.312 e. The lowest BCUT2D eigenvalue weighted by Gasteiger charge is -2.21. The molecule has 0 aromatic heterocycles. The minimum Gasteiger partial charge on any atom is -0.497 e. The van der Waals surface area contributed by atoms with E-state index < -0.39 is 23.8 Å². The van der Waals surface area contributed by atoms with Gasteiger partial charge in [-0.05, 0) is 23.3 Å². The molecule has 0 spiro atoms. The van der Waals surface area contributed by atoms with Gasteiger partial charge in [-0.25, -0.2) is 0 Å². The number of carbonyl (C=O) groups is 2. The first-order valence-electron chi connectivity index (χ1n) is 6.69. The van der Waals surface area contributed by atoms with E-state index in [-0.39, 0.29) is 0 Å². The molecule has 114 valence electrons. The van der Waals surface area contributed by atoms with Gasteiger partial charge in [-0.15, -0.1) is 0 Å². The van der Waals surface area contributed by atoms with Crippen molar-refractivity contribution in [2.24, 2.45) is 0 Å². The van der Waals surface area contributed by atoms with Crippen LogP contribution in [0.5, 0.6) is 5.75 Å². The fourth-order valence-corrected chi connectivity index (χ4v) is 2.43. The normalized spacial score (nSPS) is 13.1. The molecule has 5 nitrogen and oxygen atoms in total. The van der Waals surface area contributed by atoms with Crippen LogP contribution in [0.1, 0.15) is 23.0 Å². The molecule has 2 aromatic rings. The zero-order valence-corrected chi connectivity index (χ0v) is 12.0. The Kier molecular flexibility index (Phi) is 4.78. The van der Waals surface area contributed by atoms with E-state index in [9.17, 15) is 19.8 Å². The lowest BCUT2D eigenvalue weighted by atomic mass is 9.81. The summed E-state index contributed by atoms with van der Waals surface area (Å²) in [6.45, 7) is 0. The highest BCUT2D eigenvalue weighted by Crippen LogP contribution is 2.34. The van der Waals surface area contributed by atoms with Crippen LogP contribution < -0.4 is 4.74 Å². The fraction of sp³-hybridized carbons (Fsp3) is 0.176. The van der Waals surface area contributed by atoms with Crippen LogP contribution in [0.15, 0.2) is 54.6 Å². The first-order valence-corrected chi connectivity index (χ1v) is 6.69. The van der Waals surface area contributed by atoms with Gasteiger partial charge in [0.2, 0.25) is 0 Å². The molecule has 0 radical (unpaired) electrons. The van der Waals surface area contributed by atoms with E-state index >= 15 is 0 Å². The largest absolute Gasteiger partial charge is 0.497 e. The van der Waals surface area contributed by atoms with Crippen molar-refractivity contribution in [1.29, 1.82) is 0 Å². The van der Waals surface area contributed by atoms with Crippen molar-refractivity contribution in [2.75, 3.05) is 7.11 Å². The van der Waals surface area contributed by atoms with Crippen LogP contribution in [-0.4, -0.2) is 29.3 Å². The van der Waals surface area contributed by atoms with Gasteiger partial charge in [-0.3, -0.25) is 9.59 Å². The third kappa shape index (κ3) is 3.25. The summed E-state index contributed by atoms with van der Waals surface area (Å²) in [7, 11) is 1.51. The summed E-state index contributed by atoms with van der Waals surface area (Å²) in [5, 5.41) is 19.1. The Morgan fingerprint density at radius 1 is 0.818 bits per heavy atom. The molecule has 0 amide bonds. The second-order valence-electron chi connectivity index (χ2n) is 4.82. The van der Waals surface area contributed by atoms with Crippen LogP contribution in [-0.2, 0) is 9.59 Å². The maximum atomic E-state index is 11.7. The topological polar surface area (TPSA) is 83.8 Å². The van der Waals surface area contributed by atoms with Crippen LogP contribution in [0.4, 0.5) is 0 Å². The second kappa shape index (κ2) is 6.76. The Balaban J connectivity index is 2.47. The number of benzene rings is 2. The number of ether oxygens (including phenoxy) is 1. The second-order valence-corrected chi connectivity index (χ2v) is 4.82. The van der Waals surface area contributed by atoms with Crippen molar-refractivity contribution in [3.63, 3.8) is 0 Å². The maximum absolute atomic E-state index is 11.7. The van der Waals surface area contributed by atoms with E-state index in [0.29, 0.717) is 16.9 Å². The monoisotopic (exact) mass is 300 g/mol. The lowest BCUT2D eigenvalue weighted by molar-refractivity contribution is -0.147. The number of methoxy groups -OCH3 is 1. The van der Waals surface area contributed by atoms with Gasteiger partial charge in [-0.1, -0.05) is 42.5 Å². The van der Waals surface area contributed by atoms with Gasteiger partial charge in [-0.2, -0.15) is 0 Å². The van der Waals surface area contributed by atoms with E-state index in [1.54, 1.807) is 54.6 Å². The molecular formula is C17H16O5. The summed E-state index contributed by atoms with van der Waals surface area (Å²) in [6.07, 6.45) is 0. The Bertz CT molecular complexity index is 649. The molecule has 2 aromatic carbocycles. The Labute approximate surface area is 127 Å². The number of rotatable bonds is 6. The van der Waals surface area contributed by atoms with Gasteiger partial charge in [0.25, 0.3) is 0 Å². The zero-order valence-electron chi connectivity index (χ0n) is 12.0. The van der Waals surface area contributed by atoms with E-state index in [4.69, 9.17) is 4.74 Å². The Hall–Kier alpha value is -2.82. The van der Waals surface area contributed by atoms with E-state index in [2.05, 4.69) is 0 Å². The zero-order chi connectivity index (χ0) is 16.1. The van der Waals surface area contributed by atoms with Crippen molar-refractivity contribution >= 4 is 11.9 Å². The first-order chi connectivity index (χ1) is 10.5. The molecule has 0 heterocycles. The number of carboxylic acids is 2. The number of hydrogen-bond acceptors (Lipinski definition) is 3. The molecule has 0 saturated heterocycles. The van der Waals surface area contributed by atoms with Crippen LogP contribution in [0.2, 0.25) is 0 Å². The highest BCUT2D eigenvalue weighted by atomic mass is 16.5. The highest BCUT2D eigenvalue weighted by molar-refractivity contribution is 5.88. The molecule has 0 unspecified atom stereocenters. The molecule has 22 heavy (non-hydrogen) atoms. The van der Waals surface area contributed by atoms with E-state index in [1.807, 2.05) is 0 Å². The van der Waals surface area contributed by atoms with Gasteiger partial charge in [0.05, 0.1) is 18.9 Å². The van der Waals surface area contributed by atoms with Crippen molar-refractivity contribution < 1.29 is 24.5 Å². The first kappa shape index (κ1) is 15.6. The minimum absolute atomic E-state index is 0.421. The van der Waals surface area contributed by atoms with Gasteiger partial charge in [0.15, 0.2) is 0 Å². The third-order valence-corrected chi connectivity index (χ3v) is 3.50. The number of aliphatic carboxylic acids is 2. The molecule has 0 saturated carbocycles. The quantitative estimate of drug-likeness (QED) is 0.857. The molecule has 2 atom stereocenters. The number of carboxylic acid groups (broad SMARTS) is 2. The van der Waals surface area contributed by atoms with Gasteiger partial charge < -0.3 is 14.9 Å². The standard InChI is InChI=1S/C17H16O5/c1-22-13-9-7-12(8-10-13)15(17(20)21)14(16(18)19)11-5-3-2-4-6-11/h2-10,14-15H,1H3,(H,18,19)(H,20,21)/t14-,15-/m1/s1. The van der Waals surface area contributed by atoms with Crippen LogP contribution in [0, 0.1) is 0 Å². The molecule has 5 heteroatoms. The molecule has 0 bridgehead atoms. The fourth-order valence-electron chi connectivity index (χ4n) is 2.43. The number of hydrogen-bond donors (Lipinski definition) is 2. The predicted octanol–water partition coefficient (Wildman–Crippen LogP) is 2.73. The smallest absolute Gasteiger partial charge is 0.312 e. The van der Waals surface area contributed by atoms with Crippen LogP contribution in [0.25, 0.3) is 0 Å². The molecule has 0 aliphatic carbocycles. The average molecular weight is 300 g/mol. The lowest BCUT2D eigenvalue weighted by Crippen LogP contribution is -2.26. The van der Waals surface area contributed by atoms with Crippen molar-refractivity contribution in [1.82, 2.24) is 0 Å². The summed E-state index contributed by atoms with van der Waals surface area (Å²) in [5.74, 6) is -4.10. The Morgan fingerprint density at radius 3 is 1.68 bits per heavy atom. The molecule has 0 fully saturated rings. The van der Waals surface area contributed by atoms with Gasteiger partial charge in [0.1, 0.15) is 5.75 Å². The molecule has 2 N–H and O–H groups in total. The van der Waals surface area contributed by atoms with Gasteiger partial charge in [0, 0.05) is 0 Å². The van der Waals surface area contributed by atoms with Crippen molar-refractivity contribution in [3.8, 4) is 5.75 Å². The van der Waals surface area contributed by atoms with Crippen LogP contribution >= 0.6 is 0 Å². The summed E-state index contributed by atoms with van der Waals surface area (Å²) in [5.41, 5.74) is 0.878. The third-order valence-electron chi connectivity index (χ3n) is 3.50. The van der Waals surface area contributed by atoms with Crippen molar-refractivity contribution in [2.45, 2.75) is 11.8 Å². The average Bonchev–Trinajstić information content (AvgIpc) is 2.52. The van der Waals surface area contributed by atoms with Gasteiger partial charge >= 0.3 is 11.9 Å². The predicted molar refractivity (Wildman–Crippen MR) is 80.2 cm³/mol. The van der Waals surface area contributed by atoms with Crippen LogP contribution in [0.3, 0.4) is 0 Å². The highest BCUT2D eigenvalue weighted by Gasteiger charge is 2.36. The minimum atomic E-state index is -1.18. The summed E-state index contributed by atoms with van der Waals surface area (Å²) in [6, 6.07) is 14.8. The molecule has 0 aliphatic heterocycles. The molecular weight excluding hydrogens is 284 g/mol. The van der Waals surface area contributed by atoms with E-state index in [0.717, 1.165) is 0 Å². The SMILES string of the molecule is COc1ccc([C@@H](C(=O)O)[C@H](C(=O)O)c2ccccc2)cc1. The van der Waals surface area contributed by atoms with Crippen molar-refractivity contribution in [3.05, 3.63) is 65.7 Å². The Morgan fingerprint density at radius 2 is 1.27 bits per heavy atom.